The predicted octanol–water partition coefficient (Wildman–Crippen LogP) is 0.913. The van der Waals surface area contributed by atoms with Crippen LogP contribution in [-0.2, 0) is 4.79 Å². The maximum Gasteiger partial charge on any atom is 0.459 e. The quantitative estimate of drug-likeness (QED) is 0.614. The molecular weight excluding hydrogens is 175 g/mol. The molecule has 6 heteroatoms. The number of rotatable bonds is 1. The number of likely N-dealkylation sites (tertiary alicyclic amines) is 1. The molecule has 3 nitrogen and oxygen atoms in total. The average Bonchev–Trinajstić information content (AvgIpc) is 2.30. The Morgan fingerprint density at radius 3 is 2.33 bits per heavy atom. The maximum atomic E-state index is 11.9. The highest BCUT2D eigenvalue weighted by Gasteiger charge is 2.43. The standard InChI is InChI=1S/C6H8F3NO2/c7-6(8,9)10-2-1-4(3-10)5(11)12/h4H,1-3H2,(H,11,12). The van der Waals surface area contributed by atoms with E-state index in [4.69, 9.17) is 5.11 Å². The van der Waals surface area contributed by atoms with Gasteiger partial charge in [0, 0.05) is 13.1 Å². The Morgan fingerprint density at radius 2 is 2.08 bits per heavy atom. The number of carboxylic acids is 1. The van der Waals surface area contributed by atoms with Gasteiger partial charge in [-0.1, -0.05) is 0 Å². The molecule has 0 bridgehead atoms. The summed E-state index contributed by atoms with van der Waals surface area (Å²) < 4.78 is 35.8. The van der Waals surface area contributed by atoms with E-state index in [-0.39, 0.29) is 17.9 Å². The van der Waals surface area contributed by atoms with Crippen LogP contribution in [0.5, 0.6) is 0 Å². The van der Waals surface area contributed by atoms with Crippen LogP contribution in [-0.4, -0.2) is 35.4 Å². The molecule has 1 atom stereocenters. The average molecular weight is 183 g/mol. The Balaban J connectivity index is 2.51. The zero-order chi connectivity index (χ0) is 9.35. The molecule has 1 saturated heterocycles. The van der Waals surface area contributed by atoms with E-state index >= 15 is 0 Å². The summed E-state index contributed by atoms with van der Waals surface area (Å²) in [5, 5.41) is 8.40. The van der Waals surface area contributed by atoms with Crippen molar-refractivity contribution in [3.05, 3.63) is 0 Å². The summed E-state index contributed by atoms with van der Waals surface area (Å²) in [7, 11) is 0. The lowest BCUT2D eigenvalue weighted by Crippen LogP contribution is -2.36. The highest BCUT2D eigenvalue weighted by Crippen LogP contribution is 2.28. The molecule has 1 fully saturated rings. The molecule has 0 aliphatic carbocycles. The Labute approximate surface area is 66.8 Å². The van der Waals surface area contributed by atoms with Gasteiger partial charge < -0.3 is 5.11 Å². The molecule has 70 valence electrons. The first-order chi connectivity index (χ1) is 5.41. The summed E-state index contributed by atoms with van der Waals surface area (Å²) in [6.07, 6.45) is -4.31. The Bertz CT molecular complexity index is 192. The normalized spacial score (nSPS) is 26.1. The number of hydrogen-bond donors (Lipinski definition) is 1. The number of nitrogens with zero attached hydrogens (tertiary/aromatic N) is 1. The highest BCUT2D eigenvalue weighted by atomic mass is 19.4. The molecule has 1 rings (SSSR count). The van der Waals surface area contributed by atoms with Crippen LogP contribution in [0, 0.1) is 5.92 Å². The van der Waals surface area contributed by atoms with Crippen LogP contribution in [0.25, 0.3) is 0 Å². The van der Waals surface area contributed by atoms with Gasteiger partial charge in [-0.05, 0) is 6.42 Å². The molecular formula is C6H8F3NO2. The second-order valence-corrected chi connectivity index (χ2v) is 2.74. The van der Waals surface area contributed by atoms with Gasteiger partial charge in [-0.2, -0.15) is 13.2 Å². The Morgan fingerprint density at radius 1 is 1.50 bits per heavy atom. The van der Waals surface area contributed by atoms with Crippen molar-refractivity contribution in [1.29, 1.82) is 0 Å². The molecule has 0 radical (unpaired) electrons. The van der Waals surface area contributed by atoms with Gasteiger partial charge in [-0.3, -0.25) is 4.79 Å². The van der Waals surface area contributed by atoms with Gasteiger partial charge in [0.15, 0.2) is 0 Å². The molecule has 0 aromatic heterocycles. The van der Waals surface area contributed by atoms with Crippen LogP contribution >= 0.6 is 0 Å². The van der Waals surface area contributed by atoms with Crippen LogP contribution in [0.4, 0.5) is 13.2 Å². The van der Waals surface area contributed by atoms with Crippen LogP contribution in [0.15, 0.2) is 0 Å². The zero-order valence-electron chi connectivity index (χ0n) is 6.14. The van der Waals surface area contributed by atoms with Crippen molar-refractivity contribution in [3.8, 4) is 0 Å². The maximum absolute atomic E-state index is 11.9. The summed E-state index contributed by atoms with van der Waals surface area (Å²) in [5.74, 6) is -2.02. The number of alkyl halides is 3. The first-order valence-electron chi connectivity index (χ1n) is 3.46. The second-order valence-electron chi connectivity index (χ2n) is 2.74. The smallest absolute Gasteiger partial charge is 0.459 e. The van der Waals surface area contributed by atoms with E-state index in [1.807, 2.05) is 0 Å². The molecule has 0 aromatic rings. The van der Waals surface area contributed by atoms with Crippen molar-refractivity contribution >= 4 is 5.97 Å². The molecule has 1 aliphatic heterocycles. The van der Waals surface area contributed by atoms with Crippen LogP contribution in [0.3, 0.4) is 0 Å². The van der Waals surface area contributed by atoms with Gasteiger partial charge in [-0.25, -0.2) is 4.90 Å². The number of halogens is 3. The molecule has 1 aliphatic rings. The van der Waals surface area contributed by atoms with Gasteiger partial charge in [-0.15, -0.1) is 0 Å². The first kappa shape index (κ1) is 9.31. The molecule has 1 heterocycles. The minimum Gasteiger partial charge on any atom is -0.481 e. The van der Waals surface area contributed by atoms with E-state index in [0.29, 0.717) is 0 Å². The number of carboxylic acid groups (broad SMARTS) is 1. The molecule has 1 N–H and O–H groups in total. The zero-order valence-corrected chi connectivity index (χ0v) is 6.14. The van der Waals surface area contributed by atoms with Gasteiger partial charge in [0.1, 0.15) is 0 Å². The number of carbonyl (C=O) groups is 1. The molecule has 0 amide bonds. The summed E-state index contributed by atoms with van der Waals surface area (Å²) in [5.41, 5.74) is 0. The fourth-order valence-corrected chi connectivity index (χ4v) is 1.19. The topological polar surface area (TPSA) is 40.5 Å². The lowest BCUT2D eigenvalue weighted by Gasteiger charge is -2.18. The van der Waals surface area contributed by atoms with Crippen molar-refractivity contribution in [2.24, 2.45) is 5.92 Å². The number of hydrogen-bond acceptors (Lipinski definition) is 2. The van der Waals surface area contributed by atoms with Gasteiger partial charge in [0.2, 0.25) is 0 Å². The minimum atomic E-state index is -4.38. The van der Waals surface area contributed by atoms with E-state index in [1.165, 1.54) is 0 Å². The molecule has 0 saturated carbocycles. The van der Waals surface area contributed by atoms with Gasteiger partial charge in [0.25, 0.3) is 0 Å². The fraction of sp³-hybridized carbons (Fsp3) is 0.833. The van der Waals surface area contributed by atoms with Crippen LogP contribution in [0.2, 0.25) is 0 Å². The molecule has 12 heavy (non-hydrogen) atoms. The lowest BCUT2D eigenvalue weighted by atomic mass is 10.1. The van der Waals surface area contributed by atoms with Crippen molar-refractivity contribution < 1.29 is 23.1 Å². The second kappa shape index (κ2) is 2.93. The lowest BCUT2D eigenvalue weighted by molar-refractivity contribution is -0.239. The van der Waals surface area contributed by atoms with Crippen molar-refractivity contribution in [1.82, 2.24) is 4.90 Å². The van der Waals surface area contributed by atoms with Crippen LogP contribution < -0.4 is 0 Å². The number of aliphatic carboxylic acids is 1. The Kier molecular flexibility index (Phi) is 2.27. The SMILES string of the molecule is O=C(O)C1CCN(C(F)(F)F)C1. The van der Waals surface area contributed by atoms with E-state index in [9.17, 15) is 18.0 Å². The van der Waals surface area contributed by atoms with E-state index in [1.54, 1.807) is 0 Å². The summed E-state index contributed by atoms with van der Waals surface area (Å²) in [4.78, 5) is 10.5. The largest absolute Gasteiger partial charge is 0.481 e. The van der Waals surface area contributed by atoms with Gasteiger partial charge in [0.05, 0.1) is 5.92 Å². The predicted molar refractivity (Wildman–Crippen MR) is 33.4 cm³/mol. The highest BCUT2D eigenvalue weighted by molar-refractivity contribution is 5.70. The van der Waals surface area contributed by atoms with E-state index in [2.05, 4.69) is 0 Å². The van der Waals surface area contributed by atoms with Crippen LogP contribution in [0.1, 0.15) is 6.42 Å². The third-order valence-electron chi connectivity index (χ3n) is 1.90. The third-order valence-corrected chi connectivity index (χ3v) is 1.90. The Hall–Kier alpha value is -0.780. The molecule has 1 unspecified atom stereocenters. The summed E-state index contributed by atoms with van der Waals surface area (Å²) in [6, 6.07) is 0. The van der Waals surface area contributed by atoms with E-state index < -0.39 is 24.7 Å². The molecule has 0 spiro atoms. The first-order valence-corrected chi connectivity index (χ1v) is 3.46. The minimum absolute atomic E-state index is 0.0782. The van der Waals surface area contributed by atoms with Crippen molar-refractivity contribution in [2.45, 2.75) is 12.7 Å². The monoisotopic (exact) mass is 183 g/mol. The van der Waals surface area contributed by atoms with Crippen molar-refractivity contribution in [2.75, 3.05) is 13.1 Å². The summed E-state index contributed by atoms with van der Waals surface area (Å²) >= 11 is 0. The fourth-order valence-electron chi connectivity index (χ4n) is 1.19. The van der Waals surface area contributed by atoms with E-state index in [0.717, 1.165) is 0 Å². The molecule has 0 aromatic carbocycles. The third kappa shape index (κ3) is 1.88. The summed E-state index contributed by atoms with van der Waals surface area (Å²) in [6.45, 7) is -0.626. The van der Waals surface area contributed by atoms with Crippen molar-refractivity contribution in [3.63, 3.8) is 0 Å². The van der Waals surface area contributed by atoms with Gasteiger partial charge >= 0.3 is 12.3 Å².